The number of nitro groups is 1. The van der Waals surface area contributed by atoms with E-state index in [2.05, 4.69) is 5.32 Å². The summed E-state index contributed by atoms with van der Waals surface area (Å²) in [6.07, 6.45) is 0. The van der Waals surface area contributed by atoms with Crippen LogP contribution in [0.15, 0.2) is 54.6 Å². The lowest BCUT2D eigenvalue weighted by molar-refractivity contribution is -0.384. The maximum Gasteiger partial charge on any atom is 0.341 e. The molecule has 8 nitrogen and oxygen atoms in total. The smallest absolute Gasteiger partial charge is 0.341 e. The Labute approximate surface area is 176 Å². The normalized spacial score (nSPS) is 10.3. The van der Waals surface area contributed by atoms with Gasteiger partial charge in [0, 0.05) is 22.6 Å². The Morgan fingerprint density at radius 1 is 1.10 bits per heavy atom. The van der Waals surface area contributed by atoms with Gasteiger partial charge in [0.25, 0.3) is 11.6 Å². The number of thiophene rings is 1. The molecule has 1 aromatic heterocycles. The van der Waals surface area contributed by atoms with Crippen LogP contribution in [0.3, 0.4) is 0 Å². The predicted octanol–water partition coefficient (Wildman–Crippen LogP) is 4.44. The summed E-state index contributed by atoms with van der Waals surface area (Å²) in [5.74, 6) is -0.708. The Kier molecular flexibility index (Phi) is 6.43. The molecule has 0 bridgehead atoms. The van der Waals surface area contributed by atoms with Gasteiger partial charge in [-0.2, -0.15) is 0 Å². The number of rotatable bonds is 7. The maximum atomic E-state index is 12.4. The number of methoxy groups -OCH3 is 1. The molecule has 0 radical (unpaired) electrons. The van der Waals surface area contributed by atoms with E-state index in [0.717, 1.165) is 10.4 Å². The lowest BCUT2D eigenvalue weighted by Crippen LogP contribution is -2.21. The van der Waals surface area contributed by atoms with E-state index in [-0.39, 0.29) is 17.9 Å². The van der Waals surface area contributed by atoms with E-state index >= 15 is 0 Å². The minimum atomic E-state index is -0.551. The SMILES string of the molecule is COC(=O)c1c(NC(=O)COc2ccc([N+](=O)[O-])cc2)sc(C)c1-c1ccccc1. The van der Waals surface area contributed by atoms with Gasteiger partial charge in [0.15, 0.2) is 6.61 Å². The Morgan fingerprint density at radius 2 is 1.77 bits per heavy atom. The minimum absolute atomic E-state index is 0.0722. The topological polar surface area (TPSA) is 108 Å². The number of non-ortho nitro benzene ring substituents is 1. The quantitative estimate of drug-likeness (QED) is 0.340. The average Bonchev–Trinajstić information content (AvgIpc) is 3.08. The molecule has 1 N–H and O–H groups in total. The van der Waals surface area contributed by atoms with E-state index in [0.29, 0.717) is 16.3 Å². The number of amides is 1. The summed E-state index contributed by atoms with van der Waals surface area (Å²) in [5.41, 5.74) is 1.76. The third-order valence-electron chi connectivity index (χ3n) is 4.21. The van der Waals surface area contributed by atoms with Crippen molar-refractivity contribution in [1.29, 1.82) is 0 Å². The summed E-state index contributed by atoms with van der Waals surface area (Å²) in [7, 11) is 1.29. The van der Waals surface area contributed by atoms with E-state index in [1.807, 2.05) is 37.3 Å². The maximum absolute atomic E-state index is 12.4. The predicted molar refractivity (Wildman–Crippen MR) is 113 cm³/mol. The molecule has 2 aromatic carbocycles. The molecule has 154 valence electrons. The Morgan fingerprint density at radius 3 is 2.37 bits per heavy atom. The second-order valence-corrected chi connectivity index (χ2v) is 7.41. The highest BCUT2D eigenvalue weighted by Crippen LogP contribution is 2.40. The van der Waals surface area contributed by atoms with Crippen molar-refractivity contribution in [1.82, 2.24) is 0 Å². The molecule has 9 heteroatoms. The zero-order valence-corrected chi connectivity index (χ0v) is 17.0. The van der Waals surface area contributed by atoms with Crippen molar-refractivity contribution in [2.24, 2.45) is 0 Å². The molecule has 3 aromatic rings. The molecular formula is C21H18N2O6S. The fourth-order valence-corrected chi connectivity index (χ4v) is 3.94. The Bertz CT molecular complexity index is 1080. The fraction of sp³-hybridized carbons (Fsp3) is 0.143. The number of nitro benzene ring substituents is 1. The summed E-state index contributed by atoms with van der Waals surface area (Å²) < 4.78 is 10.3. The van der Waals surface area contributed by atoms with Crippen molar-refractivity contribution in [3.05, 3.63) is 75.2 Å². The summed E-state index contributed by atoms with van der Waals surface area (Å²) in [6, 6.07) is 14.8. The number of ether oxygens (including phenoxy) is 2. The highest BCUT2D eigenvalue weighted by atomic mass is 32.1. The Balaban J connectivity index is 1.78. The van der Waals surface area contributed by atoms with Gasteiger partial charge < -0.3 is 14.8 Å². The first-order chi connectivity index (χ1) is 14.4. The first-order valence-corrected chi connectivity index (χ1v) is 9.66. The molecule has 0 saturated heterocycles. The third kappa shape index (κ3) is 4.64. The Hall–Kier alpha value is -3.72. The van der Waals surface area contributed by atoms with Crippen LogP contribution in [-0.2, 0) is 9.53 Å². The molecule has 1 amide bonds. The van der Waals surface area contributed by atoms with E-state index in [1.165, 1.54) is 42.7 Å². The van der Waals surface area contributed by atoms with Gasteiger partial charge in [-0.1, -0.05) is 30.3 Å². The number of benzene rings is 2. The van der Waals surface area contributed by atoms with Gasteiger partial charge in [-0.25, -0.2) is 4.79 Å². The van der Waals surface area contributed by atoms with Crippen molar-refractivity contribution in [2.75, 3.05) is 19.0 Å². The first kappa shape index (κ1) is 21.0. The van der Waals surface area contributed by atoms with Crippen LogP contribution in [0.5, 0.6) is 5.75 Å². The summed E-state index contributed by atoms with van der Waals surface area (Å²) in [6.45, 7) is 1.54. The second kappa shape index (κ2) is 9.19. The lowest BCUT2D eigenvalue weighted by Gasteiger charge is -2.09. The van der Waals surface area contributed by atoms with E-state index < -0.39 is 16.8 Å². The molecule has 0 aliphatic heterocycles. The summed E-state index contributed by atoms with van der Waals surface area (Å²) in [5, 5.41) is 13.8. The van der Waals surface area contributed by atoms with Gasteiger partial charge >= 0.3 is 5.97 Å². The number of carbonyl (C=O) groups is 2. The van der Waals surface area contributed by atoms with Crippen molar-refractivity contribution >= 4 is 33.9 Å². The molecule has 0 aliphatic carbocycles. The van der Waals surface area contributed by atoms with Crippen LogP contribution < -0.4 is 10.1 Å². The average molecular weight is 426 g/mol. The van der Waals surface area contributed by atoms with Gasteiger partial charge in [-0.05, 0) is 24.6 Å². The first-order valence-electron chi connectivity index (χ1n) is 8.85. The molecule has 0 atom stereocenters. The summed E-state index contributed by atoms with van der Waals surface area (Å²) in [4.78, 5) is 35.9. The van der Waals surface area contributed by atoms with Crippen LogP contribution >= 0.6 is 11.3 Å². The monoisotopic (exact) mass is 426 g/mol. The van der Waals surface area contributed by atoms with Crippen LogP contribution in [-0.4, -0.2) is 30.5 Å². The number of anilines is 1. The number of esters is 1. The largest absolute Gasteiger partial charge is 0.484 e. The van der Waals surface area contributed by atoms with Crippen LogP contribution in [0, 0.1) is 17.0 Å². The van der Waals surface area contributed by atoms with Gasteiger partial charge in [0.05, 0.1) is 12.0 Å². The number of aryl methyl sites for hydroxylation is 1. The van der Waals surface area contributed by atoms with E-state index in [1.54, 1.807) is 0 Å². The molecule has 0 saturated carbocycles. The van der Waals surface area contributed by atoms with Crippen LogP contribution in [0.25, 0.3) is 11.1 Å². The van der Waals surface area contributed by atoms with E-state index in [9.17, 15) is 19.7 Å². The zero-order valence-electron chi connectivity index (χ0n) is 16.2. The molecule has 0 unspecified atom stereocenters. The van der Waals surface area contributed by atoms with Crippen LogP contribution in [0.4, 0.5) is 10.7 Å². The van der Waals surface area contributed by atoms with Gasteiger partial charge in [0.1, 0.15) is 16.3 Å². The van der Waals surface area contributed by atoms with Gasteiger partial charge in [-0.3, -0.25) is 14.9 Å². The summed E-state index contributed by atoms with van der Waals surface area (Å²) >= 11 is 1.27. The van der Waals surface area contributed by atoms with Gasteiger partial charge in [0.2, 0.25) is 0 Å². The molecule has 1 heterocycles. The highest BCUT2D eigenvalue weighted by molar-refractivity contribution is 7.17. The number of carbonyl (C=O) groups excluding carboxylic acids is 2. The highest BCUT2D eigenvalue weighted by Gasteiger charge is 2.25. The number of nitrogens with one attached hydrogen (secondary N) is 1. The van der Waals surface area contributed by atoms with Crippen LogP contribution in [0.1, 0.15) is 15.2 Å². The van der Waals surface area contributed by atoms with Crippen LogP contribution in [0.2, 0.25) is 0 Å². The molecular weight excluding hydrogens is 408 g/mol. The third-order valence-corrected chi connectivity index (χ3v) is 5.23. The number of nitrogens with zero attached hydrogens (tertiary/aromatic N) is 1. The van der Waals surface area contributed by atoms with Gasteiger partial charge in [-0.15, -0.1) is 11.3 Å². The molecule has 0 fully saturated rings. The van der Waals surface area contributed by atoms with Crippen molar-refractivity contribution in [3.8, 4) is 16.9 Å². The minimum Gasteiger partial charge on any atom is -0.484 e. The second-order valence-electron chi connectivity index (χ2n) is 6.18. The fourth-order valence-electron chi connectivity index (χ4n) is 2.86. The van der Waals surface area contributed by atoms with Crippen molar-refractivity contribution in [3.63, 3.8) is 0 Å². The van der Waals surface area contributed by atoms with Crippen molar-refractivity contribution < 1.29 is 24.0 Å². The number of hydrogen-bond donors (Lipinski definition) is 1. The molecule has 30 heavy (non-hydrogen) atoms. The number of hydrogen-bond acceptors (Lipinski definition) is 7. The molecule has 3 rings (SSSR count). The lowest BCUT2D eigenvalue weighted by atomic mass is 10.0. The standard InChI is InChI=1S/C21H18N2O6S/c1-13-18(14-6-4-3-5-7-14)19(21(25)28-2)20(30-13)22-17(24)12-29-16-10-8-15(9-11-16)23(26)27/h3-11H,12H2,1-2H3,(H,22,24). The van der Waals surface area contributed by atoms with Crippen molar-refractivity contribution in [2.45, 2.75) is 6.92 Å². The zero-order chi connectivity index (χ0) is 21.7. The van der Waals surface area contributed by atoms with E-state index in [4.69, 9.17) is 9.47 Å². The molecule has 0 spiro atoms. The molecule has 0 aliphatic rings.